The summed E-state index contributed by atoms with van der Waals surface area (Å²) >= 11 is 0. The average molecular weight is 456 g/mol. The van der Waals surface area contributed by atoms with Crippen LogP contribution in [0.2, 0.25) is 0 Å². The van der Waals surface area contributed by atoms with Crippen molar-refractivity contribution in [3.05, 3.63) is 90.3 Å². The molecule has 2 heterocycles. The maximum atomic E-state index is 12.9. The molecule has 0 spiro atoms. The van der Waals surface area contributed by atoms with E-state index in [1.807, 2.05) is 71.6 Å². The van der Waals surface area contributed by atoms with Gasteiger partial charge in [0.25, 0.3) is 5.91 Å². The quantitative estimate of drug-likeness (QED) is 0.386. The van der Waals surface area contributed by atoms with Crippen LogP contribution in [0, 0.1) is 5.92 Å². The Morgan fingerprint density at radius 2 is 1.62 bits per heavy atom. The lowest BCUT2D eigenvalue weighted by atomic mass is 9.96. The van der Waals surface area contributed by atoms with Crippen LogP contribution in [0.1, 0.15) is 29.0 Å². The number of benzene rings is 3. The zero-order valence-corrected chi connectivity index (χ0v) is 19.4. The number of aromatic nitrogens is 2. The summed E-state index contributed by atoms with van der Waals surface area (Å²) in [7, 11) is 1.63. The van der Waals surface area contributed by atoms with Gasteiger partial charge in [-0.3, -0.25) is 4.79 Å². The number of carbonyl (C=O) groups excluding carboxylic acids is 1. The molecule has 3 aromatic carbocycles. The molecule has 0 atom stereocenters. The van der Waals surface area contributed by atoms with Gasteiger partial charge in [-0.05, 0) is 67.3 Å². The van der Waals surface area contributed by atoms with Gasteiger partial charge in [-0.2, -0.15) is 0 Å². The number of fused-ring (bicyclic) bond motifs is 1. The summed E-state index contributed by atoms with van der Waals surface area (Å²) < 4.78 is 13.5. The molecule has 0 saturated carbocycles. The SMILES string of the molecule is COc1ccc(C(=O)N2CCC(Cn3c(COc4ccccc4)nc4ccccc43)CC2)cc1. The van der Waals surface area contributed by atoms with Crippen molar-refractivity contribution in [2.45, 2.75) is 26.0 Å². The van der Waals surface area contributed by atoms with Crippen molar-refractivity contribution in [3.8, 4) is 11.5 Å². The molecule has 4 aromatic rings. The summed E-state index contributed by atoms with van der Waals surface area (Å²) in [6, 6.07) is 25.4. The second-order valence-corrected chi connectivity index (χ2v) is 8.69. The second kappa shape index (κ2) is 10.00. The number of amides is 1. The van der Waals surface area contributed by atoms with E-state index in [9.17, 15) is 4.79 Å². The summed E-state index contributed by atoms with van der Waals surface area (Å²) in [4.78, 5) is 19.7. The lowest BCUT2D eigenvalue weighted by Gasteiger charge is -2.32. The molecule has 0 aliphatic carbocycles. The van der Waals surface area contributed by atoms with Crippen LogP contribution in [0.15, 0.2) is 78.9 Å². The smallest absolute Gasteiger partial charge is 0.253 e. The number of carbonyl (C=O) groups is 1. The van der Waals surface area contributed by atoms with Crippen LogP contribution in [0.25, 0.3) is 11.0 Å². The molecule has 1 amide bonds. The van der Waals surface area contributed by atoms with Crippen LogP contribution in [0.3, 0.4) is 0 Å². The van der Waals surface area contributed by atoms with E-state index in [2.05, 4.69) is 16.7 Å². The summed E-state index contributed by atoms with van der Waals surface area (Å²) in [6.07, 6.45) is 1.93. The van der Waals surface area contributed by atoms with Gasteiger partial charge in [0.2, 0.25) is 0 Å². The molecule has 1 aromatic heterocycles. The third-order valence-electron chi connectivity index (χ3n) is 6.52. The van der Waals surface area contributed by atoms with Crippen molar-refractivity contribution < 1.29 is 14.3 Å². The lowest BCUT2D eigenvalue weighted by Crippen LogP contribution is -2.39. The Hall–Kier alpha value is -3.80. The van der Waals surface area contributed by atoms with Crippen LogP contribution >= 0.6 is 0 Å². The van der Waals surface area contributed by atoms with Gasteiger partial charge < -0.3 is 18.9 Å². The Labute approximate surface area is 199 Å². The number of para-hydroxylation sites is 3. The Bertz CT molecular complexity index is 1240. The highest BCUT2D eigenvalue weighted by Gasteiger charge is 2.25. The van der Waals surface area contributed by atoms with E-state index < -0.39 is 0 Å². The number of likely N-dealkylation sites (tertiary alicyclic amines) is 1. The number of methoxy groups -OCH3 is 1. The van der Waals surface area contributed by atoms with Crippen molar-refractivity contribution in [1.29, 1.82) is 0 Å². The van der Waals surface area contributed by atoms with Crippen molar-refractivity contribution in [1.82, 2.24) is 14.5 Å². The van der Waals surface area contributed by atoms with Crippen LogP contribution in [0.4, 0.5) is 0 Å². The summed E-state index contributed by atoms with van der Waals surface area (Å²) in [5, 5.41) is 0. The van der Waals surface area contributed by atoms with Crippen molar-refractivity contribution in [2.24, 2.45) is 5.92 Å². The summed E-state index contributed by atoms with van der Waals surface area (Å²) in [6.45, 7) is 2.82. The van der Waals surface area contributed by atoms with Gasteiger partial charge in [0.15, 0.2) is 0 Å². The molecular weight excluding hydrogens is 426 g/mol. The molecule has 5 rings (SSSR count). The minimum absolute atomic E-state index is 0.0890. The molecule has 1 aliphatic heterocycles. The Morgan fingerprint density at radius 1 is 0.912 bits per heavy atom. The third kappa shape index (κ3) is 4.76. The first kappa shape index (κ1) is 22.0. The monoisotopic (exact) mass is 455 g/mol. The number of imidazole rings is 1. The zero-order chi connectivity index (χ0) is 23.3. The highest BCUT2D eigenvalue weighted by molar-refractivity contribution is 5.94. The van der Waals surface area contributed by atoms with Gasteiger partial charge in [-0.15, -0.1) is 0 Å². The average Bonchev–Trinajstić information content (AvgIpc) is 3.25. The predicted molar refractivity (Wildman–Crippen MR) is 132 cm³/mol. The first-order chi connectivity index (χ1) is 16.7. The van der Waals surface area contributed by atoms with Crippen LogP contribution < -0.4 is 9.47 Å². The predicted octanol–water partition coefficient (Wildman–Crippen LogP) is 5.18. The second-order valence-electron chi connectivity index (χ2n) is 8.69. The van der Waals surface area contributed by atoms with E-state index >= 15 is 0 Å². The molecule has 0 N–H and O–H groups in total. The van der Waals surface area contributed by atoms with Crippen molar-refractivity contribution >= 4 is 16.9 Å². The number of ether oxygens (including phenoxy) is 2. The van der Waals surface area contributed by atoms with Crippen LogP contribution in [-0.2, 0) is 13.2 Å². The first-order valence-corrected chi connectivity index (χ1v) is 11.8. The number of rotatable bonds is 7. The zero-order valence-electron chi connectivity index (χ0n) is 19.4. The third-order valence-corrected chi connectivity index (χ3v) is 6.52. The van der Waals surface area contributed by atoms with Gasteiger partial charge in [-0.1, -0.05) is 30.3 Å². The van der Waals surface area contributed by atoms with E-state index in [0.717, 1.165) is 60.8 Å². The molecule has 6 heteroatoms. The summed E-state index contributed by atoms with van der Waals surface area (Å²) in [5.41, 5.74) is 2.83. The van der Waals surface area contributed by atoms with Crippen LogP contribution in [0.5, 0.6) is 11.5 Å². The molecule has 0 unspecified atom stereocenters. The van der Waals surface area contributed by atoms with E-state index in [1.165, 1.54) is 0 Å². The largest absolute Gasteiger partial charge is 0.497 e. The standard InChI is InChI=1S/C28H29N3O3/c1-33-23-13-11-22(12-14-23)28(32)30-17-15-21(16-18-30)19-31-26-10-6-5-9-25(26)29-27(31)20-34-24-7-3-2-4-8-24/h2-14,21H,15-20H2,1H3. The van der Waals surface area contributed by atoms with Gasteiger partial charge in [0, 0.05) is 25.2 Å². The molecule has 0 bridgehead atoms. The maximum absolute atomic E-state index is 12.9. The molecule has 1 aliphatic rings. The molecule has 34 heavy (non-hydrogen) atoms. The number of piperidine rings is 1. The number of hydrogen-bond acceptors (Lipinski definition) is 4. The van der Waals surface area contributed by atoms with Gasteiger partial charge in [-0.25, -0.2) is 4.98 Å². The number of hydrogen-bond donors (Lipinski definition) is 0. The molecular formula is C28H29N3O3. The van der Waals surface area contributed by atoms with E-state index in [4.69, 9.17) is 14.5 Å². The highest BCUT2D eigenvalue weighted by Crippen LogP contribution is 2.25. The van der Waals surface area contributed by atoms with Crippen molar-refractivity contribution in [3.63, 3.8) is 0 Å². The van der Waals surface area contributed by atoms with Gasteiger partial charge in [0.1, 0.15) is 23.9 Å². The lowest BCUT2D eigenvalue weighted by molar-refractivity contribution is 0.0682. The topological polar surface area (TPSA) is 56.6 Å². The number of nitrogens with zero attached hydrogens (tertiary/aromatic N) is 3. The molecule has 6 nitrogen and oxygen atoms in total. The maximum Gasteiger partial charge on any atom is 0.253 e. The molecule has 174 valence electrons. The molecule has 1 saturated heterocycles. The first-order valence-electron chi connectivity index (χ1n) is 11.8. The fraction of sp³-hybridized carbons (Fsp3) is 0.286. The Kier molecular flexibility index (Phi) is 6.47. The Morgan fingerprint density at radius 3 is 2.35 bits per heavy atom. The fourth-order valence-electron chi connectivity index (χ4n) is 4.60. The molecule has 0 radical (unpaired) electrons. The van der Waals surface area contributed by atoms with Gasteiger partial charge in [0.05, 0.1) is 18.1 Å². The van der Waals surface area contributed by atoms with E-state index in [0.29, 0.717) is 18.1 Å². The van der Waals surface area contributed by atoms with E-state index in [1.54, 1.807) is 7.11 Å². The van der Waals surface area contributed by atoms with E-state index in [-0.39, 0.29) is 5.91 Å². The minimum Gasteiger partial charge on any atom is -0.497 e. The van der Waals surface area contributed by atoms with Crippen molar-refractivity contribution in [2.75, 3.05) is 20.2 Å². The van der Waals surface area contributed by atoms with Gasteiger partial charge >= 0.3 is 0 Å². The van der Waals surface area contributed by atoms with Crippen LogP contribution in [-0.4, -0.2) is 40.6 Å². The Balaban J connectivity index is 1.26. The minimum atomic E-state index is 0.0890. The highest BCUT2D eigenvalue weighted by atomic mass is 16.5. The summed E-state index contributed by atoms with van der Waals surface area (Å²) in [5.74, 6) is 3.10. The fourth-order valence-corrected chi connectivity index (χ4v) is 4.60. The molecule has 1 fully saturated rings. The normalized spacial score (nSPS) is 14.3.